The first-order chi connectivity index (χ1) is 37.4. The second kappa shape index (κ2) is 22.4. The van der Waals surface area contributed by atoms with Crippen molar-refractivity contribution in [2.24, 2.45) is 0 Å². The molecule has 0 nitrogen and oxygen atoms in total. The molecule has 0 radical (unpaired) electrons. The van der Waals surface area contributed by atoms with Gasteiger partial charge < -0.3 is 0 Å². The fourth-order valence-electron chi connectivity index (χ4n) is 8.64. The Morgan fingerprint density at radius 3 is 0.646 bits per heavy atom. The van der Waals surface area contributed by atoms with Gasteiger partial charge in [-0.2, -0.15) is 127 Å². The van der Waals surface area contributed by atoms with E-state index in [0.717, 1.165) is 0 Å². The molecule has 82 heavy (non-hydrogen) atoms. The first-order valence-corrected chi connectivity index (χ1v) is 26.6. The highest BCUT2D eigenvalue weighted by molar-refractivity contribution is 7.20. The minimum Gasteiger partial charge on any atom is -0.194 e. The number of hydrogen-bond acceptors (Lipinski definition) is 2. The predicted molar refractivity (Wildman–Crippen MR) is 256 cm³/mol. The van der Waals surface area contributed by atoms with E-state index in [1.165, 1.54) is 37.8 Å². The van der Waals surface area contributed by atoms with E-state index in [9.17, 15) is 105 Å². The Morgan fingerprint density at radius 2 is 0.463 bits per heavy atom. The standard InChI is InChI=1S/C32H12BF24.C22H18IS2/c34-25(35,36)13-1-14(26(37,38)39)6-21(5-13)33(22-7-15(27(40,41)42)2-16(8-22)28(43,44)45,23-9-17(29(46,47)48)3-18(10-23)30(49,50)51)24-11-19(31(52,53)54)4-20(12-24)32(55,56)57;1-15-3-7-17(8-4-15)19-11-13-21(24-19)23-22-14-12-20(25-22)18-9-5-16(2)6-10-18/h1-12H;3-14H,1-2H3/q-1;+1. The molecule has 0 aliphatic rings. The van der Waals surface area contributed by atoms with E-state index in [1.54, 1.807) is 0 Å². The van der Waals surface area contributed by atoms with Gasteiger partial charge in [0, 0.05) is 21.9 Å². The molecule has 0 aliphatic heterocycles. The number of thiophene rings is 2. The summed E-state index contributed by atoms with van der Waals surface area (Å²) >= 11 is 3.81. The van der Waals surface area contributed by atoms with Crippen molar-refractivity contribution in [2.75, 3.05) is 0 Å². The summed E-state index contributed by atoms with van der Waals surface area (Å²) in [6.45, 7) is 4.27. The summed E-state index contributed by atoms with van der Waals surface area (Å²) < 4.78 is 344. The van der Waals surface area contributed by atoms with Crippen LogP contribution < -0.4 is 43.1 Å². The van der Waals surface area contributed by atoms with Crippen LogP contribution in [0.5, 0.6) is 0 Å². The Hall–Kier alpha value is -6.17. The lowest BCUT2D eigenvalue weighted by atomic mass is 9.12. The maximum Gasteiger partial charge on any atom is 0.416 e. The molecule has 0 atom stereocenters. The molecule has 6 aromatic carbocycles. The number of benzene rings is 6. The molecule has 0 aliphatic carbocycles. The molecule has 0 spiro atoms. The molecule has 8 aromatic rings. The lowest BCUT2D eigenvalue weighted by Gasteiger charge is -2.46. The third-order valence-electron chi connectivity index (χ3n) is 12.4. The third-order valence-corrected chi connectivity index (χ3v) is 18.4. The summed E-state index contributed by atoms with van der Waals surface area (Å²) in [4.78, 5) is 2.76. The fourth-order valence-corrected chi connectivity index (χ4v) is 15.0. The Bertz CT molecular complexity index is 3050. The minimum absolute atomic E-state index is 0.0893. The van der Waals surface area contributed by atoms with E-state index >= 15 is 0 Å². The summed E-state index contributed by atoms with van der Waals surface area (Å²) in [6.07, 6.45) is -54.8. The number of halogens is 25. The molecule has 28 heteroatoms. The van der Waals surface area contributed by atoms with Crippen molar-refractivity contribution < 1.29 is 127 Å². The van der Waals surface area contributed by atoms with Crippen LogP contribution in [0.3, 0.4) is 0 Å². The molecule has 0 fully saturated rings. The SMILES string of the molecule is Cc1ccc(-c2ccc([I+]c3ccc(-c4ccc(C)cc4)s3)s2)cc1.FC(F)(F)c1cc([B-](c2cc(C(F)(F)F)cc(C(F)(F)F)c2)(c2cc(C(F)(F)F)cc(C(F)(F)F)c2)c2cc(C(F)(F)F)cc(C(F)(F)F)c2)cc(C(F)(F)F)c1. The molecular formula is C54H30BF24IS2. The molecule has 0 saturated carbocycles. The normalized spacial score (nSPS) is 13.3. The predicted octanol–water partition coefficient (Wildman–Crippen LogP) is 15.1. The van der Waals surface area contributed by atoms with Crippen LogP contribution in [0.2, 0.25) is 0 Å². The first kappa shape index (κ1) is 63.4. The van der Waals surface area contributed by atoms with Crippen LogP contribution in [-0.2, 0) is 49.4 Å². The zero-order valence-corrected chi connectivity index (χ0v) is 44.5. The van der Waals surface area contributed by atoms with Crippen molar-refractivity contribution >= 4 is 50.7 Å². The number of aryl methyl sites for hydroxylation is 2. The molecule has 0 amide bonds. The Labute approximate surface area is 466 Å². The minimum atomic E-state index is -6.13. The third kappa shape index (κ3) is 14.6. The molecule has 8 rings (SSSR count). The quantitative estimate of drug-likeness (QED) is 0.0808. The zero-order valence-electron chi connectivity index (χ0n) is 40.7. The Kier molecular flexibility index (Phi) is 17.4. The van der Waals surface area contributed by atoms with E-state index < -0.39 is 195 Å². The van der Waals surface area contributed by atoms with E-state index in [0.29, 0.717) is 0 Å². The van der Waals surface area contributed by atoms with Crippen LogP contribution in [0.4, 0.5) is 105 Å². The molecule has 436 valence electrons. The zero-order chi connectivity index (χ0) is 61.1. The summed E-state index contributed by atoms with van der Waals surface area (Å²) in [7, 11) is 0. The highest BCUT2D eigenvalue weighted by Gasteiger charge is 2.47. The largest absolute Gasteiger partial charge is 0.416 e. The molecular weight excluding hydrogens is 1310 g/mol. The highest BCUT2D eigenvalue weighted by Crippen LogP contribution is 2.42. The van der Waals surface area contributed by atoms with E-state index in [-0.39, 0.29) is 21.2 Å². The van der Waals surface area contributed by atoms with Gasteiger partial charge in [-0.25, -0.2) is 0 Å². The summed E-state index contributed by atoms with van der Waals surface area (Å²) in [5, 5.41) is 0. The van der Waals surface area contributed by atoms with Gasteiger partial charge in [-0.3, -0.25) is 0 Å². The Balaban J connectivity index is 0.000000318. The van der Waals surface area contributed by atoms with Crippen LogP contribution in [0, 0.1) is 19.6 Å². The van der Waals surface area contributed by atoms with Gasteiger partial charge in [0.1, 0.15) is 6.15 Å². The molecule has 0 saturated heterocycles. The van der Waals surface area contributed by atoms with Gasteiger partial charge in [0.05, 0.1) is 44.5 Å². The maximum atomic E-state index is 14.2. The van der Waals surface area contributed by atoms with Crippen LogP contribution in [-0.4, -0.2) is 6.15 Å². The monoisotopic (exact) mass is 1340 g/mol. The number of hydrogen-bond donors (Lipinski definition) is 0. The van der Waals surface area contributed by atoms with Crippen molar-refractivity contribution in [3.63, 3.8) is 0 Å². The van der Waals surface area contributed by atoms with Gasteiger partial charge in [0.15, 0.2) is 0 Å². The van der Waals surface area contributed by atoms with Gasteiger partial charge in [-0.05, 0) is 61.4 Å². The number of rotatable bonds is 8. The summed E-state index contributed by atoms with van der Waals surface area (Å²) in [5.41, 5.74) is -24.9. The van der Waals surface area contributed by atoms with Gasteiger partial charge in [0.2, 0.25) is 5.77 Å². The lowest BCUT2D eigenvalue weighted by Crippen LogP contribution is -3.61. The van der Waals surface area contributed by atoms with Crippen molar-refractivity contribution in [3.05, 3.63) is 207 Å². The van der Waals surface area contributed by atoms with Gasteiger partial charge in [0.25, 0.3) is 0 Å². The van der Waals surface area contributed by atoms with Crippen LogP contribution in [0.1, 0.15) is 55.6 Å². The van der Waals surface area contributed by atoms with Crippen LogP contribution >= 0.6 is 22.7 Å². The molecule has 0 bridgehead atoms. The van der Waals surface area contributed by atoms with Crippen LogP contribution in [0.25, 0.3) is 20.9 Å². The average Bonchev–Trinajstić information content (AvgIpc) is 2.16. The number of alkyl halides is 24. The maximum absolute atomic E-state index is 14.2. The van der Waals surface area contributed by atoms with Crippen molar-refractivity contribution in [1.82, 2.24) is 0 Å². The molecule has 2 heterocycles. The topological polar surface area (TPSA) is 0 Å². The van der Waals surface area contributed by atoms with E-state index in [2.05, 4.69) is 86.6 Å². The average molecular weight is 1340 g/mol. The lowest BCUT2D eigenvalue weighted by molar-refractivity contribution is -0.585. The van der Waals surface area contributed by atoms with E-state index in [4.69, 9.17) is 0 Å². The summed E-state index contributed by atoms with van der Waals surface area (Å²) in [5.74, 6) is 0. The highest BCUT2D eigenvalue weighted by atomic mass is 127. The second-order valence-electron chi connectivity index (χ2n) is 18.3. The van der Waals surface area contributed by atoms with Gasteiger partial charge >= 0.3 is 70.6 Å². The molecule has 2 aromatic heterocycles. The molecule has 0 N–H and O–H groups in total. The fraction of sp³-hybridized carbons (Fsp3) is 0.185. The van der Waals surface area contributed by atoms with Crippen molar-refractivity contribution in [1.29, 1.82) is 0 Å². The Morgan fingerprint density at radius 1 is 0.268 bits per heavy atom. The summed E-state index contributed by atoms with van der Waals surface area (Å²) in [6, 6.07) is 18.0. The van der Waals surface area contributed by atoms with Crippen LogP contribution in [0.15, 0.2) is 146 Å². The second-order valence-corrected chi connectivity index (χ2v) is 24.8. The van der Waals surface area contributed by atoms with Crippen molar-refractivity contribution in [3.8, 4) is 20.9 Å². The van der Waals surface area contributed by atoms with Crippen molar-refractivity contribution in [2.45, 2.75) is 63.3 Å². The first-order valence-electron chi connectivity index (χ1n) is 22.8. The molecule has 0 unspecified atom stereocenters. The van der Waals surface area contributed by atoms with Gasteiger partial charge in [-0.1, -0.05) is 131 Å². The van der Waals surface area contributed by atoms with Gasteiger partial charge in [-0.15, -0.1) is 0 Å². The van der Waals surface area contributed by atoms with E-state index in [1.807, 2.05) is 22.7 Å². The smallest absolute Gasteiger partial charge is 0.194 e.